The van der Waals surface area contributed by atoms with Gasteiger partial charge in [0, 0.05) is 25.5 Å². The number of carbonyl (C=O) groups excluding carboxylic acids is 1. The molecule has 0 aliphatic carbocycles. The van der Waals surface area contributed by atoms with Crippen LogP contribution in [0.15, 0.2) is 28.8 Å². The molecule has 1 aromatic carbocycles. The van der Waals surface area contributed by atoms with Crippen molar-refractivity contribution in [3.63, 3.8) is 0 Å². The van der Waals surface area contributed by atoms with E-state index >= 15 is 0 Å². The molecule has 124 valence electrons. The zero-order valence-corrected chi connectivity index (χ0v) is 12.9. The molecule has 2 rings (SSSR count). The molecule has 7 heteroatoms. The normalized spacial score (nSPS) is 11.5. The van der Waals surface area contributed by atoms with Crippen LogP contribution in [0, 0.1) is 11.6 Å². The fourth-order valence-electron chi connectivity index (χ4n) is 1.86. The van der Waals surface area contributed by atoms with Crippen molar-refractivity contribution in [1.82, 2.24) is 10.3 Å². The van der Waals surface area contributed by atoms with E-state index in [1.54, 1.807) is 13.8 Å². The second-order valence-corrected chi connectivity index (χ2v) is 5.83. The molecule has 0 saturated heterocycles. The number of benzene rings is 1. The highest BCUT2D eigenvalue weighted by molar-refractivity contribution is 5.76. The molecule has 0 atom stereocenters. The molecular weight excluding hydrogens is 306 g/mol. The molecule has 0 aliphatic rings. The van der Waals surface area contributed by atoms with Crippen molar-refractivity contribution >= 4 is 5.91 Å². The van der Waals surface area contributed by atoms with E-state index in [9.17, 15) is 18.7 Å². The molecule has 1 heterocycles. The second-order valence-electron chi connectivity index (χ2n) is 5.83. The maximum absolute atomic E-state index is 13.7. The van der Waals surface area contributed by atoms with Gasteiger partial charge in [0.25, 0.3) is 0 Å². The third-order valence-electron chi connectivity index (χ3n) is 3.03. The van der Waals surface area contributed by atoms with Gasteiger partial charge in [-0.25, -0.2) is 13.8 Å². The van der Waals surface area contributed by atoms with Crippen molar-refractivity contribution in [2.45, 2.75) is 32.3 Å². The lowest BCUT2D eigenvalue weighted by atomic mass is 10.1. The summed E-state index contributed by atoms with van der Waals surface area (Å²) in [4.78, 5) is 15.6. The van der Waals surface area contributed by atoms with Gasteiger partial charge in [-0.3, -0.25) is 4.79 Å². The van der Waals surface area contributed by atoms with Crippen molar-refractivity contribution < 1.29 is 23.1 Å². The van der Waals surface area contributed by atoms with Crippen LogP contribution < -0.4 is 5.32 Å². The van der Waals surface area contributed by atoms with Crippen molar-refractivity contribution in [3.8, 4) is 11.3 Å². The number of aromatic nitrogens is 1. The van der Waals surface area contributed by atoms with Gasteiger partial charge in [0.05, 0.1) is 17.4 Å². The molecule has 5 nitrogen and oxygen atoms in total. The Bertz CT molecular complexity index is 693. The van der Waals surface area contributed by atoms with Crippen LogP contribution >= 0.6 is 0 Å². The monoisotopic (exact) mass is 324 g/mol. The lowest BCUT2D eigenvalue weighted by molar-refractivity contribution is -0.122. The fraction of sp³-hybridized carbons (Fsp3) is 0.375. The number of carbonyl (C=O) groups is 1. The first-order valence-electron chi connectivity index (χ1n) is 7.14. The Morgan fingerprint density at radius 3 is 2.78 bits per heavy atom. The Hall–Kier alpha value is -2.28. The average molecular weight is 324 g/mol. The number of hydrogen-bond donors (Lipinski definition) is 2. The SMILES string of the molecule is CC(C)(O)CNC(=O)CCc1ncc(-c2ccc(F)cc2F)o1. The highest BCUT2D eigenvalue weighted by Crippen LogP contribution is 2.24. The van der Waals surface area contributed by atoms with Gasteiger partial charge < -0.3 is 14.8 Å². The quantitative estimate of drug-likeness (QED) is 0.856. The van der Waals surface area contributed by atoms with Gasteiger partial charge in [0.1, 0.15) is 11.6 Å². The molecule has 2 aromatic rings. The smallest absolute Gasteiger partial charge is 0.220 e. The van der Waals surface area contributed by atoms with Crippen molar-refractivity contribution in [2.75, 3.05) is 6.54 Å². The van der Waals surface area contributed by atoms with Crippen LogP contribution in [-0.4, -0.2) is 28.1 Å². The van der Waals surface area contributed by atoms with Crippen LogP contribution in [0.25, 0.3) is 11.3 Å². The van der Waals surface area contributed by atoms with Crippen LogP contribution in [-0.2, 0) is 11.2 Å². The molecular formula is C16H18F2N2O3. The lowest BCUT2D eigenvalue weighted by Gasteiger charge is -2.17. The first kappa shape index (κ1) is 17.1. The van der Waals surface area contributed by atoms with E-state index in [-0.39, 0.29) is 42.5 Å². The molecule has 23 heavy (non-hydrogen) atoms. The minimum Gasteiger partial charge on any atom is -0.441 e. The molecule has 0 radical (unpaired) electrons. The van der Waals surface area contributed by atoms with Crippen LogP contribution in [0.4, 0.5) is 8.78 Å². The highest BCUT2D eigenvalue weighted by Gasteiger charge is 2.15. The molecule has 0 bridgehead atoms. The van der Waals surface area contributed by atoms with E-state index in [0.717, 1.165) is 12.1 Å². The number of nitrogens with one attached hydrogen (secondary N) is 1. The summed E-state index contributed by atoms with van der Waals surface area (Å²) in [5.74, 6) is -1.21. The van der Waals surface area contributed by atoms with Gasteiger partial charge in [-0.2, -0.15) is 0 Å². The van der Waals surface area contributed by atoms with Crippen LogP contribution in [0.1, 0.15) is 26.2 Å². The van der Waals surface area contributed by atoms with E-state index in [1.807, 2.05) is 0 Å². The van der Waals surface area contributed by atoms with Crippen molar-refractivity contribution in [2.24, 2.45) is 0 Å². The first-order valence-corrected chi connectivity index (χ1v) is 7.14. The van der Waals surface area contributed by atoms with Crippen LogP contribution in [0.3, 0.4) is 0 Å². The predicted molar refractivity (Wildman–Crippen MR) is 79.5 cm³/mol. The molecule has 0 fully saturated rings. The summed E-state index contributed by atoms with van der Waals surface area (Å²) >= 11 is 0. The van der Waals surface area contributed by atoms with E-state index in [2.05, 4.69) is 10.3 Å². The topological polar surface area (TPSA) is 75.4 Å². The molecule has 0 unspecified atom stereocenters. The Morgan fingerprint density at radius 1 is 1.39 bits per heavy atom. The summed E-state index contributed by atoms with van der Waals surface area (Å²) in [5.41, 5.74) is -0.872. The minimum atomic E-state index is -0.980. The number of halogens is 2. The molecule has 1 amide bonds. The zero-order valence-electron chi connectivity index (χ0n) is 12.9. The van der Waals surface area contributed by atoms with Crippen molar-refractivity contribution in [3.05, 3.63) is 41.9 Å². The van der Waals surface area contributed by atoms with E-state index in [4.69, 9.17) is 4.42 Å². The number of nitrogens with zero attached hydrogens (tertiary/aromatic N) is 1. The lowest BCUT2D eigenvalue weighted by Crippen LogP contribution is -2.38. The summed E-state index contributed by atoms with van der Waals surface area (Å²) in [6.45, 7) is 3.32. The number of hydrogen-bond acceptors (Lipinski definition) is 4. The van der Waals surface area contributed by atoms with E-state index in [1.165, 1.54) is 12.3 Å². The summed E-state index contributed by atoms with van der Waals surface area (Å²) in [6, 6.07) is 3.16. The number of amides is 1. The Balaban J connectivity index is 1.94. The van der Waals surface area contributed by atoms with Gasteiger partial charge >= 0.3 is 0 Å². The maximum Gasteiger partial charge on any atom is 0.220 e. The number of oxazole rings is 1. The van der Waals surface area contributed by atoms with Gasteiger partial charge in [-0.15, -0.1) is 0 Å². The summed E-state index contributed by atoms with van der Waals surface area (Å²) in [7, 11) is 0. The third kappa shape index (κ3) is 5.14. The van der Waals surface area contributed by atoms with Gasteiger partial charge in [-0.1, -0.05) is 0 Å². The Morgan fingerprint density at radius 2 is 2.13 bits per heavy atom. The average Bonchev–Trinajstić information content (AvgIpc) is 2.91. The fourth-order valence-corrected chi connectivity index (χ4v) is 1.86. The number of rotatable bonds is 6. The predicted octanol–water partition coefficient (Wildman–Crippen LogP) is 2.44. The Labute approximate surface area is 132 Å². The number of aryl methyl sites for hydroxylation is 1. The summed E-state index contributed by atoms with van der Waals surface area (Å²) < 4.78 is 31.9. The van der Waals surface area contributed by atoms with Gasteiger partial charge in [0.15, 0.2) is 11.7 Å². The van der Waals surface area contributed by atoms with E-state index < -0.39 is 17.2 Å². The Kier molecular flexibility index (Phi) is 5.10. The third-order valence-corrected chi connectivity index (χ3v) is 3.03. The molecule has 2 N–H and O–H groups in total. The molecule has 0 saturated carbocycles. The van der Waals surface area contributed by atoms with Crippen molar-refractivity contribution in [1.29, 1.82) is 0 Å². The van der Waals surface area contributed by atoms with E-state index in [0.29, 0.717) is 0 Å². The van der Waals surface area contributed by atoms with Gasteiger partial charge in [-0.05, 0) is 26.0 Å². The molecule has 1 aromatic heterocycles. The number of aliphatic hydroxyl groups is 1. The second kappa shape index (κ2) is 6.87. The van der Waals surface area contributed by atoms with Gasteiger partial charge in [0.2, 0.25) is 5.91 Å². The first-order chi connectivity index (χ1) is 10.7. The maximum atomic E-state index is 13.7. The molecule has 0 aliphatic heterocycles. The zero-order chi connectivity index (χ0) is 17.0. The molecule has 0 spiro atoms. The summed E-state index contributed by atoms with van der Waals surface area (Å²) in [6.07, 6.45) is 1.70. The van der Waals surface area contributed by atoms with Crippen LogP contribution in [0.5, 0.6) is 0 Å². The highest BCUT2D eigenvalue weighted by atomic mass is 19.1. The standard InChI is InChI=1S/C16H18F2N2O3/c1-16(2,22)9-20-14(21)5-6-15-19-8-13(23-15)11-4-3-10(17)7-12(11)18/h3-4,7-8,22H,5-6,9H2,1-2H3,(H,20,21). The van der Waals surface area contributed by atoms with Crippen LogP contribution in [0.2, 0.25) is 0 Å². The largest absolute Gasteiger partial charge is 0.441 e. The summed E-state index contributed by atoms with van der Waals surface area (Å²) in [5, 5.41) is 12.1. The minimum absolute atomic E-state index is 0.108.